The molecule has 0 aromatic heterocycles. The zero-order valence-electron chi connectivity index (χ0n) is 7.01. The molecule has 0 atom stereocenters. The van der Waals surface area contributed by atoms with Crippen molar-refractivity contribution in [3.8, 4) is 5.75 Å². The van der Waals surface area contributed by atoms with Crippen LogP contribution in [0.1, 0.15) is 12.5 Å². The fraction of sp³-hybridized carbons (Fsp3) is 0.333. The van der Waals surface area contributed by atoms with E-state index in [1.165, 1.54) is 0 Å². The molecule has 0 unspecified atom stereocenters. The molecule has 3 heteroatoms. The first-order chi connectivity index (χ1) is 5.79. The van der Waals surface area contributed by atoms with Crippen LogP contribution in [-0.4, -0.2) is 6.61 Å². The van der Waals surface area contributed by atoms with Gasteiger partial charge in [-0.1, -0.05) is 12.1 Å². The Morgan fingerprint density at radius 2 is 2.25 bits per heavy atom. The molecule has 0 saturated carbocycles. The summed E-state index contributed by atoms with van der Waals surface area (Å²) in [5, 5.41) is 0. The van der Waals surface area contributed by atoms with E-state index in [0.717, 1.165) is 15.8 Å². The number of rotatable bonds is 3. The highest BCUT2D eigenvalue weighted by molar-refractivity contribution is 9.10. The van der Waals surface area contributed by atoms with Gasteiger partial charge in [0.25, 0.3) is 0 Å². The van der Waals surface area contributed by atoms with Crippen molar-refractivity contribution in [2.24, 2.45) is 5.73 Å². The van der Waals surface area contributed by atoms with Crippen LogP contribution < -0.4 is 10.5 Å². The first-order valence-electron chi connectivity index (χ1n) is 3.89. The van der Waals surface area contributed by atoms with Gasteiger partial charge in [0.1, 0.15) is 5.75 Å². The predicted octanol–water partition coefficient (Wildman–Crippen LogP) is 2.31. The third-order valence-corrected chi connectivity index (χ3v) is 2.18. The molecule has 0 fully saturated rings. The molecule has 1 rings (SSSR count). The van der Waals surface area contributed by atoms with Gasteiger partial charge in [0.05, 0.1) is 11.1 Å². The summed E-state index contributed by atoms with van der Waals surface area (Å²) in [7, 11) is 0. The number of nitrogens with two attached hydrogens (primary N) is 1. The van der Waals surface area contributed by atoms with Crippen LogP contribution in [0.15, 0.2) is 22.7 Å². The highest BCUT2D eigenvalue weighted by Crippen LogP contribution is 2.28. The van der Waals surface area contributed by atoms with E-state index in [1.807, 2.05) is 25.1 Å². The SMILES string of the molecule is CCOc1c(Br)cccc1CN. The average Bonchev–Trinajstić information content (AvgIpc) is 2.09. The van der Waals surface area contributed by atoms with Gasteiger partial charge < -0.3 is 10.5 Å². The van der Waals surface area contributed by atoms with Crippen molar-refractivity contribution in [1.82, 2.24) is 0 Å². The van der Waals surface area contributed by atoms with Gasteiger partial charge in [-0.25, -0.2) is 0 Å². The number of hydrogen-bond donors (Lipinski definition) is 1. The first-order valence-corrected chi connectivity index (χ1v) is 4.69. The Morgan fingerprint density at radius 3 is 2.83 bits per heavy atom. The van der Waals surface area contributed by atoms with Crippen molar-refractivity contribution in [3.05, 3.63) is 28.2 Å². The second-order valence-electron chi connectivity index (χ2n) is 2.37. The molecule has 0 saturated heterocycles. The van der Waals surface area contributed by atoms with Crippen molar-refractivity contribution in [2.45, 2.75) is 13.5 Å². The Kier molecular flexibility index (Phi) is 3.56. The number of ether oxygens (including phenoxy) is 1. The van der Waals surface area contributed by atoms with Gasteiger partial charge >= 0.3 is 0 Å². The van der Waals surface area contributed by atoms with E-state index in [1.54, 1.807) is 0 Å². The minimum atomic E-state index is 0.509. The molecule has 0 aliphatic rings. The van der Waals surface area contributed by atoms with Gasteiger partial charge in [-0.05, 0) is 28.9 Å². The van der Waals surface area contributed by atoms with Gasteiger partial charge in [-0.15, -0.1) is 0 Å². The summed E-state index contributed by atoms with van der Waals surface area (Å²) in [5.41, 5.74) is 6.58. The van der Waals surface area contributed by atoms with Gasteiger partial charge in [-0.2, -0.15) is 0 Å². The summed E-state index contributed by atoms with van der Waals surface area (Å²) in [5.74, 6) is 0.863. The highest BCUT2D eigenvalue weighted by Gasteiger charge is 2.04. The largest absolute Gasteiger partial charge is 0.492 e. The molecular formula is C9H12BrNO. The summed E-state index contributed by atoms with van der Waals surface area (Å²) in [6.45, 7) is 3.13. The zero-order chi connectivity index (χ0) is 8.97. The van der Waals surface area contributed by atoms with E-state index in [-0.39, 0.29) is 0 Å². The van der Waals surface area contributed by atoms with Crippen LogP contribution in [0.25, 0.3) is 0 Å². The Bertz CT molecular complexity index is 263. The molecule has 2 nitrogen and oxygen atoms in total. The van der Waals surface area contributed by atoms with Gasteiger partial charge in [0, 0.05) is 12.1 Å². The van der Waals surface area contributed by atoms with Crippen molar-refractivity contribution < 1.29 is 4.74 Å². The van der Waals surface area contributed by atoms with E-state index in [4.69, 9.17) is 10.5 Å². The topological polar surface area (TPSA) is 35.2 Å². The molecule has 0 spiro atoms. The Morgan fingerprint density at radius 1 is 1.50 bits per heavy atom. The summed E-state index contributed by atoms with van der Waals surface area (Å²) in [6, 6.07) is 5.87. The van der Waals surface area contributed by atoms with E-state index >= 15 is 0 Å². The molecule has 0 radical (unpaired) electrons. The van der Waals surface area contributed by atoms with Crippen LogP contribution in [0.5, 0.6) is 5.75 Å². The minimum absolute atomic E-state index is 0.509. The van der Waals surface area contributed by atoms with Crippen LogP contribution in [0.3, 0.4) is 0 Å². The van der Waals surface area contributed by atoms with Crippen LogP contribution in [-0.2, 0) is 6.54 Å². The monoisotopic (exact) mass is 229 g/mol. The average molecular weight is 230 g/mol. The molecular weight excluding hydrogens is 218 g/mol. The molecule has 0 aliphatic carbocycles. The van der Waals surface area contributed by atoms with Crippen molar-refractivity contribution >= 4 is 15.9 Å². The third kappa shape index (κ3) is 1.99. The fourth-order valence-electron chi connectivity index (χ4n) is 1.02. The lowest BCUT2D eigenvalue weighted by atomic mass is 10.2. The summed E-state index contributed by atoms with van der Waals surface area (Å²) >= 11 is 3.41. The summed E-state index contributed by atoms with van der Waals surface area (Å²) in [4.78, 5) is 0. The van der Waals surface area contributed by atoms with E-state index in [2.05, 4.69) is 15.9 Å². The molecule has 0 bridgehead atoms. The van der Waals surface area contributed by atoms with Crippen molar-refractivity contribution in [2.75, 3.05) is 6.61 Å². The summed E-state index contributed by atoms with van der Waals surface area (Å²) < 4.78 is 6.40. The van der Waals surface area contributed by atoms with E-state index in [0.29, 0.717) is 13.2 Å². The molecule has 66 valence electrons. The maximum absolute atomic E-state index is 5.55. The van der Waals surface area contributed by atoms with Crippen LogP contribution in [0.2, 0.25) is 0 Å². The smallest absolute Gasteiger partial charge is 0.137 e. The number of halogens is 1. The maximum Gasteiger partial charge on any atom is 0.137 e. The minimum Gasteiger partial charge on any atom is -0.492 e. The van der Waals surface area contributed by atoms with E-state index in [9.17, 15) is 0 Å². The molecule has 0 amide bonds. The van der Waals surface area contributed by atoms with Crippen LogP contribution in [0.4, 0.5) is 0 Å². The second-order valence-corrected chi connectivity index (χ2v) is 3.22. The fourth-order valence-corrected chi connectivity index (χ4v) is 1.54. The predicted molar refractivity (Wildman–Crippen MR) is 53.2 cm³/mol. The molecule has 12 heavy (non-hydrogen) atoms. The molecule has 2 N–H and O–H groups in total. The highest BCUT2D eigenvalue weighted by atomic mass is 79.9. The molecule has 1 aromatic carbocycles. The Hall–Kier alpha value is -0.540. The Balaban J connectivity index is 3.02. The van der Waals surface area contributed by atoms with Gasteiger partial charge in [0.2, 0.25) is 0 Å². The summed E-state index contributed by atoms with van der Waals surface area (Å²) in [6.07, 6.45) is 0. The number of benzene rings is 1. The molecule has 0 aliphatic heterocycles. The van der Waals surface area contributed by atoms with Crippen LogP contribution >= 0.6 is 15.9 Å². The third-order valence-electron chi connectivity index (χ3n) is 1.56. The zero-order valence-corrected chi connectivity index (χ0v) is 8.60. The standard InChI is InChI=1S/C9H12BrNO/c1-2-12-9-7(6-11)4-3-5-8(9)10/h3-5H,2,6,11H2,1H3. The van der Waals surface area contributed by atoms with Crippen molar-refractivity contribution in [3.63, 3.8) is 0 Å². The maximum atomic E-state index is 5.55. The number of para-hydroxylation sites is 1. The van der Waals surface area contributed by atoms with Gasteiger partial charge in [-0.3, -0.25) is 0 Å². The first kappa shape index (κ1) is 9.55. The normalized spacial score (nSPS) is 9.92. The molecule has 0 heterocycles. The molecule has 1 aromatic rings. The lowest BCUT2D eigenvalue weighted by Gasteiger charge is -2.09. The lowest BCUT2D eigenvalue weighted by molar-refractivity contribution is 0.334. The van der Waals surface area contributed by atoms with Crippen molar-refractivity contribution in [1.29, 1.82) is 0 Å². The lowest BCUT2D eigenvalue weighted by Crippen LogP contribution is -2.02. The number of hydrogen-bond acceptors (Lipinski definition) is 2. The van der Waals surface area contributed by atoms with Gasteiger partial charge in [0.15, 0.2) is 0 Å². The quantitative estimate of drug-likeness (QED) is 0.864. The Labute approximate surface area is 80.8 Å². The van der Waals surface area contributed by atoms with Crippen LogP contribution in [0, 0.1) is 0 Å². The second kappa shape index (κ2) is 4.48. The van der Waals surface area contributed by atoms with E-state index < -0.39 is 0 Å².